The fourth-order valence-corrected chi connectivity index (χ4v) is 10.0. The van der Waals surface area contributed by atoms with E-state index in [1.165, 1.54) is 12.0 Å². The standard InChI is InChI=1S/C32H53O6P/c1-8-37-39(36,38-9-2)31(21(3)4)29(34)17-12-22(5)27-15-16-28-24(11-10-18-32(27,28)7)13-14-25-19-26(33)20-30(35)23(25)6/h12-14,17,21-22,26-31,33-35H,6,8-11,15-16,18-20H2,1-5,7H3/b17-12+,24-13-,25-14+/t22?,26-,27?,28+,29-,30+,31?,32-/m1/s1. The molecule has 0 bridgehead atoms. The van der Waals surface area contributed by atoms with Gasteiger partial charge in [-0.2, -0.15) is 0 Å². The van der Waals surface area contributed by atoms with Crippen LogP contribution in [-0.4, -0.2) is 52.5 Å². The largest absolute Gasteiger partial charge is 0.393 e. The van der Waals surface area contributed by atoms with Crippen molar-refractivity contribution < 1.29 is 28.9 Å². The summed E-state index contributed by atoms with van der Waals surface area (Å²) in [5.41, 5.74) is 2.71. The van der Waals surface area contributed by atoms with Gasteiger partial charge in [0.1, 0.15) is 0 Å². The van der Waals surface area contributed by atoms with Gasteiger partial charge in [-0.3, -0.25) is 4.57 Å². The molecule has 6 nitrogen and oxygen atoms in total. The maximum Gasteiger partial charge on any atom is 0.336 e. The third-order valence-electron chi connectivity index (χ3n) is 9.56. The Bertz CT molecular complexity index is 973. The monoisotopic (exact) mass is 564 g/mol. The quantitative estimate of drug-likeness (QED) is 0.185. The first kappa shape index (κ1) is 32.5. The second-order valence-corrected chi connectivity index (χ2v) is 14.7. The van der Waals surface area contributed by atoms with E-state index in [1.54, 1.807) is 13.8 Å². The van der Waals surface area contributed by atoms with E-state index >= 15 is 0 Å². The minimum absolute atomic E-state index is 0.0695. The Morgan fingerprint density at radius 3 is 2.38 bits per heavy atom. The average molecular weight is 565 g/mol. The van der Waals surface area contributed by atoms with E-state index in [-0.39, 0.29) is 30.5 Å². The van der Waals surface area contributed by atoms with Gasteiger partial charge in [-0.05, 0) is 92.6 Å². The molecule has 8 atom stereocenters. The van der Waals surface area contributed by atoms with Crippen LogP contribution < -0.4 is 0 Å². The van der Waals surface area contributed by atoms with Crippen LogP contribution in [0.4, 0.5) is 0 Å². The zero-order chi connectivity index (χ0) is 29.0. The Labute approximate surface area is 236 Å². The minimum atomic E-state index is -3.46. The summed E-state index contributed by atoms with van der Waals surface area (Å²) in [4.78, 5) is 0. The molecular formula is C32H53O6P. The molecule has 3 saturated carbocycles. The molecule has 3 aliphatic rings. The Morgan fingerprint density at radius 1 is 1.10 bits per heavy atom. The highest BCUT2D eigenvalue weighted by molar-refractivity contribution is 7.54. The summed E-state index contributed by atoms with van der Waals surface area (Å²) in [6, 6.07) is 0. The van der Waals surface area contributed by atoms with Gasteiger partial charge in [0.25, 0.3) is 0 Å². The Morgan fingerprint density at radius 2 is 1.77 bits per heavy atom. The summed E-state index contributed by atoms with van der Waals surface area (Å²) >= 11 is 0. The molecule has 0 aliphatic heterocycles. The number of rotatable bonds is 11. The predicted molar refractivity (Wildman–Crippen MR) is 159 cm³/mol. The first-order valence-corrected chi connectivity index (χ1v) is 16.7. The Balaban J connectivity index is 1.76. The van der Waals surface area contributed by atoms with E-state index in [1.807, 2.05) is 19.9 Å². The number of fused-ring (bicyclic) bond motifs is 1. The average Bonchev–Trinajstić information content (AvgIpc) is 3.21. The molecule has 0 radical (unpaired) electrons. The molecule has 3 aliphatic carbocycles. The summed E-state index contributed by atoms with van der Waals surface area (Å²) in [5.74, 6) is 1.18. The van der Waals surface area contributed by atoms with Crippen molar-refractivity contribution in [3.8, 4) is 0 Å². The molecule has 7 heteroatoms. The van der Waals surface area contributed by atoms with Gasteiger partial charge in [0, 0.05) is 6.42 Å². The third-order valence-corrected chi connectivity index (χ3v) is 12.4. The molecule has 3 N–H and O–H groups in total. The fourth-order valence-electron chi connectivity index (χ4n) is 7.66. The number of aliphatic hydroxyl groups excluding tert-OH is 3. The fraction of sp³-hybridized carbons (Fsp3) is 0.750. The molecule has 0 aromatic rings. The van der Waals surface area contributed by atoms with Gasteiger partial charge < -0.3 is 24.4 Å². The summed E-state index contributed by atoms with van der Waals surface area (Å²) in [7, 11) is -3.46. The van der Waals surface area contributed by atoms with Crippen LogP contribution in [0.2, 0.25) is 0 Å². The molecule has 0 spiro atoms. The van der Waals surface area contributed by atoms with Gasteiger partial charge in [-0.1, -0.05) is 64.2 Å². The number of hydrogen-bond acceptors (Lipinski definition) is 6. The smallest absolute Gasteiger partial charge is 0.336 e. The Kier molecular flexibility index (Phi) is 11.5. The molecule has 3 fully saturated rings. The first-order chi connectivity index (χ1) is 18.4. The SMILES string of the molecule is C=C1/C(=C/C=C2/CCC[C@]3(C)C(C(C)/C=C/[C@@H](O)C(C(C)C)P(=O)(OCC)OCC)CC[C@@H]23)C[C@@H](O)C[C@@H]1O. The molecule has 3 unspecified atom stereocenters. The lowest BCUT2D eigenvalue weighted by atomic mass is 9.61. The Hall–Kier alpha value is -1.01. The second kappa shape index (κ2) is 13.8. The van der Waals surface area contributed by atoms with Gasteiger partial charge >= 0.3 is 7.60 Å². The number of aliphatic hydroxyl groups is 3. The van der Waals surface area contributed by atoms with Crippen LogP contribution in [0, 0.1) is 29.1 Å². The minimum Gasteiger partial charge on any atom is -0.393 e. The number of hydrogen-bond donors (Lipinski definition) is 3. The lowest BCUT2D eigenvalue weighted by molar-refractivity contribution is 0.0862. The molecule has 0 aromatic carbocycles. The predicted octanol–water partition coefficient (Wildman–Crippen LogP) is 6.97. The molecule has 3 rings (SSSR count). The van der Waals surface area contributed by atoms with Crippen LogP contribution in [-0.2, 0) is 13.6 Å². The van der Waals surface area contributed by atoms with Crippen molar-refractivity contribution >= 4 is 7.60 Å². The van der Waals surface area contributed by atoms with E-state index in [9.17, 15) is 19.9 Å². The van der Waals surface area contributed by atoms with Crippen LogP contribution in [0.25, 0.3) is 0 Å². The summed E-state index contributed by atoms with van der Waals surface area (Å²) in [5, 5.41) is 31.5. The zero-order valence-corrected chi connectivity index (χ0v) is 25.9. The van der Waals surface area contributed by atoms with E-state index in [4.69, 9.17) is 9.05 Å². The van der Waals surface area contributed by atoms with Crippen molar-refractivity contribution in [2.24, 2.45) is 29.1 Å². The first-order valence-electron chi connectivity index (χ1n) is 15.1. The third kappa shape index (κ3) is 7.26. The van der Waals surface area contributed by atoms with Crippen LogP contribution in [0.3, 0.4) is 0 Å². The van der Waals surface area contributed by atoms with Crippen molar-refractivity contribution in [3.63, 3.8) is 0 Å². The molecule has 0 saturated heterocycles. The maximum atomic E-state index is 13.5. The van der Waals surface area contributed by atoms with E-state index in [0.717, 1.165) is 36.8 Å². The van der Waals surface area contributed by atoms with Gasteiger partial charge in [0.2, 0.25) is 0 Å². The normalized spacial score (nSPS) is 34.7. The topological polar surface area (TPSA) is 96.2 Å². The molecule has 222 valence electrons. The van der Waals surface area contributed by atoms with Crippen molar-refractivity contribution in [1.29, 1.82) is 0 Å². The van der Waals surface area contributed by atoms with E-state index in [0.29, 0.717) is 24.7 Å². The summed E-state index contributed by atoms with van der Waals surface area (Å²) < 4.78 is 24.7. The molecular weight excluding hydrogens is 511 g/mol. The van der Waals surface area contributed by atoms with Gasteiger partial charge in [-0.25, -0.2) is 0 Å². The van der Waals surface area contributed by atoms with Gasteiger partial charge in [-0.15, -0.1) is 0 Å². The summed E-state index contributed by atoms with van der Waals surface area (Å²) in [6.07, 6.45) is 12.8. The van der Waals surface area contributed by atoms with Gasteiger partial charge in [0.15, 0.2) is 0 Å². The van der Waals surface area contributed by atoms with Crippen LogP contribution in [0.5, 0.6) is 0 Å². The molecule has 0 heterocycles. The maximum absolute atomic E-state index is 13.5. The van der Waals surface area contributed by atoms with Crippen molar-refractivity contribution in [3.05, 3.63) is 47.6 Å². The highest BCUT2D eigenvalue weighted by Gasteiger charge is 2.50. The van der Waals surface area contributed by atoms with E-state index in [2.05, 4.69) is 38.7 Å². The van der Waals surface area contributed by atoms with Crippen LogP contribution in [0.1, 0.15) is 86.5 Å². The highest BCUT2D eigenvalue weighted by atomic mass is 31.2. The van der Waals surface area contributed by atoms with Gasteiger partial charge in [0.05, 0.1) is 37.2 Å². The number of allylic oxidation sites excluding steroid dienone is 4. The second-order valence-electron chi connectivity index (χ2n) is 12.5. The molecule has 0 amide bonds. The van der Waals surface area contributed by atoms with Crippen molar-refractivity contribution in [2.45, 2.75) is 110 Å². The molecule has 0 aromatic heterocycles. The summed E-state index contributed by atoms with van der Waals surface area (Å²) in [6.45, 7) is 16.8. The lowest BCUT2D eigenvalue weighted by Crippen LogP contribution is -2.36. The van der Waals surface area contributed by atoms with Crippen LogP contribution >= 0.6 is 7.60 Å². The van der Waals surface area contributed by atoms with E-state index < -0.39 is 31.6 Å². The molecule has 39 heavy (non-hydrogen) atoms. The van der Waals surface area contributed by atoms with Crippen molar-refractivity contribution in [1.82, 2.24) is 0 Å². The lowest BCUT2D eigenvalue weighted by Gasteiger charge is -2.44. The zero-order valence-electron chi connectivity index (χ0n) is 25.0. The highest BCUT2D eigenvalue weighted by Crippen LogP contribution is 2.60. The van der Waals surface area contributed by atoms with Crippen molar-refractivity contribution in [2.75, 3.05) is 13.2 Å². The van der Waals surface area contributed by atoms with Crippen LogP contribution in [0.15, 0.2) is 47.6 Å².